The predicted octanol–water partition coefficient (Wildman–Crippen LogP) is -4.45. The summed E-state index contributed by atoms with van der Waals surface area (Å²) in [4.78, 5) is 35.7. The number of aromatic nitrogens is 1. The van der Waals surface area contributed by atoms with E-state index in [1.807, 2.05) is 0 Å². The van der Waals surface area contributed by atoms with Crippen molar-refractivity contribution in [2.45, 2.75) is 12.5 Å². The van der Waals surface area contributed by atoms with Crippen LogP contribution in [0.1, 0.15) is 18.0 Å². The Bertz CT molecular complexity index is 1280. The predicted molar refractivity (Wildman–Crippen MR) is 107 cm³/mol. The van der Waals surface area contributed by atoms with Crippen molar-refractivity contribution in [3.05, 3.63) is 82.0 Å². The zero-order valence-corrected chi connectivity index (χ0v) is 23.0. The van der Waals surface area contributed by atoms with E-state index in [1.54, 1.807) is 0 Å². The standard InChI is InChI=1S/C22H18F3N3O5.2Na/c1-28-8-7-17(29)20(21(28)32)27-22(33)26-16(10-18(30)31)11-5-6-13(23)12(9-11)19-14(24)3-2-4-15(19)25;;/h2-9,16,29H,10H2,1H3,(H,30,31)(H2,26,27,33);;/q;2*+1/p-2/t16-;;/m0../s1. The summed E-state index contributed by atoms with van der Waals surface area (Å²) in [6, 6.07) is 4.50. The summed E-state index contributed by atoms with van der Waals surface area (Å²) in [6.45, 7) is 0. The zero-order valence-electron chi connectivity index (χ0n) is 19.0. The third-order valence-corrected chi connectivity index (χ3v) is 4.77. The molecule has 0 aliphatic heterocycles. The molecule has 1 aromatic heterocycles. The number of anilines is 1. The number of hydrogen-bond donors (Lipinski definition) is 2. The van der Waals surface area contributed by atoms with Gasteiger partial charge in [0.15, 0.2) is 0 Å². The van der Waals surface area contributed by atoms with E-state index < -0.39 is 70.0 Å². The molecule has 0 saturated carbocycles. The van der Waals surface area contributed by atoms with Crippen LogP contribution in [0.2, 0.25) is 0 Å². The summed E-state index contributed by atoms with van der Waals surface area (Å²) in [5.74, 6) is -5.44. The molecule has 0 fully saturated rings. The van der Waals surface area contributed by atoms with E-state index in [9.17, 15) is 37.8 Å². The van der Waals surface area contributed by atoms with Crippen LogP contribution in [0.25, 0.3) is 11.1 Å². The van der Waals surface area contributed by atoms with Gasteiger partial charge in [0.1, 0.15) is 23.1 Å². The van der Waals surface area contributed by atoms with Crippen LogP contribution in [0.3, 0.4) is 0 Å². The molecule has 0 unspecified atom stereocenters. The van der Waals surface area contributed by atoms with Gasteiger partial charge in [-0.25, -0.2) is 18.0 Å². The van der Waals surface area contributed by atoms with Gasteiger partial charge in [0, 0.05) is 31.2 Å². The van der Waals surface area contributed by atoms with Crippen molar-refractivity contribution in [3.8, 4) is 16.9 Å². The van der Waals surface area contributed by atoms with Crippen LogP contribution in [0, 0.1) is 17.5 Å². The molecule has 1 atom stereocenters. The van der Waals surface area contributed by atoms with E-state index in [-0.39, 0.29) is 64.7 Å². The normalized spacial score (nSPS) is 11.0. The van der Waals surface area contributed by atoms with Crippen LogP contribution in [-0.4, -0.2) is 16.6 Å². The van der Waals surface area contributed by atoms with Crippen LogP contribution in [0.5, 0.6) is 5.75 Å². The van der Waals surface area contributed by atoms with E-state index in [1.165, 1.54) is 13.2 Å². The van der Waals surface area contributed by atoms with E-state index in [0.29, 0.717) is 0 Å². The van der Waals surface area contributed by atoms with Crippen molar-refractivity contribution in [2.75, 3.05) is 5.32 Å². The molecule has 2 amide bonds. The molecule has 3 rings (SSSR count). The maximum Gasteiger partial charge on any atom is 1.00 e. The molecule has 0 bridgehead atoms. The second-order valence-corrected chi connectivity index (χ2v) is 7.03. The SMILES string of the molecule is Cn1ccc([O-])c(NC(=O)N[C@@H](CC(=O)[O-])c2ccc(F)c(-c3c(F)cccc3F)c2)c1=O.[Na+].[Na+]. The maximum atomic E-state index is 14.4. The van der Waals surface area contributed by atoms with Gasteiger partial charge in [0.25, 0.3) is 5.56 Å². The first-order valence-electron chi connectivity index (χ1n) is 9.46. The topological polar surface area (TPSA) is 126 Å². The van der Waals surface area contributed by atoms with Crippen LogP contribution in [0.15, 0.2) is 53.5 Å². The minimum atomic E-state index is -1.59. The molecule has 0 spiro atoms. The first-order valence-corrected chi connectivity index (χ1v) is 9.46. The van der Waals surface area contributed by atoms with Crippen molar-refractivity contribution in [1.29, 1.82) is 0 Å². The summed E-state index contributed by atoms with van der Waals surface area (Å²) < 4.78 is 43.8. The van der Waals surface area contributed by atoms with Gasteiger partial charge >= 0.3 is 65.1 Å². The molecule has 35 heavy (non-hydrogen) atoms. The van der Waals surface area contributed by atoms with E-state index in [4.69, 9.17) is 0 Å². The van der Waals surface area contributed by atoms with Crippen molar-refractivity contribution in [1.82, 2.24) is 9.88 Å². The number of benzene rings is 2. The summed E-state index contributed by atoms with van der Waals surface area (Å²) in [7, 11) is 1.35. The number of carbonyl (C=O) groups is 2. The number of pyridine rings is 1. The molecule has 3 aromatic rings. The summed E-state index contributed by atoms with van der Waals surface area (Å²) in [5.41, 5.74) is -2.55. The molecule has 0 aliphatic rings. The van der Waals surface area contributed by atoms with Crippen LogP contribution in [0.4, 0.5) is 23.7 Å². The van der Waals surface area contributed by atoms with Gasteiger partial charge in [-0.15, -0.1) is 0 Å². The van der Waals surface area contributed by atoms with E-state index in [0.717, 1.165) is 47.0 Å². The first-order chi connectivity index (χ1) is 15.6. The molecular weight excluding hydrogens is 489 g/mol. The average Bonchev–Trinajstić information content (AvgIpc) is 2.74. The van der Waals surface area contributed by atoms with Crippen LogP contribution >= 0.6 is 0 Å². The number of aryl methyl sites for hydroxylation is 1. The van der Waals surface area contributed by atoms with Gasteiger partial charge in [-0.05, 0) is 29.8 Å². The van der Waals surface area contributed by atoms with Gasteiger partial charge in [-0.1, -0.05) is 23.9 Å². The fourth-order valence-electron chi connectivity index (χ4n) is 3.16. The number of carboxylic acid groups (broad SMARTS) is 1. The van der Waals surface area contributed by atoms with Crippen molar-refractivity contribution in [2.24, 2.45) is 7.05 Å². The number of urea groups is 1. The fraction of sp³-hybridized carbons (Fsp3) is 0.136. The van der Waals surface area contributed by atoms with Gasteiger partial charge in [-0.3, -0.25) is 4.79 Å². The number of nitrogens with zero attached hydrogens (tertiary/aromatic N) is 1. The Morgan fingerprint density at radius 1 is 1.03 bits per heavy atom. The van der Waals surface area contributed by atoms with Gasteiger partial charge in [0.05, 0.1) is 11.6 Å². The number of carboxylic acids is 1. The number of rotatable bonds is 6. The number of carbonyl (C=O) groups excluding carboxylic acids is 2. The van der Waals surface area contributed by atoms with Gasteiger partial charge < -0.3 is 30.2 Å². The van der Waals surface area contributed by atoms with E-state index >= 15 is 0 Å². The summed E-state index contributed by atoms with van der Waals surface area (Å²) in [5, 5.41) is 27.4. The molecule has 0 saturated heterocycles. The monoisotopic (exact) mass is 505 g/mol. The number of amides is 2. The summed E-state index contributed by atoms with van der Waals surface area (Å²) >= 11 is 0. The third kappa shape index (κ3) is 7.35. The minimum absolute atomic E-state index is 0. The molecule has 13 heteroatoms. The van der Waals surface area contributed by atoms with Gasteiger partial charge in [0.2, 0.25) is 0 Å². The fourth-order valence-corrected chi connectivity index (χ4v) is 3.16. The van der Waals surface area contributed by atoms with Crippen molar-refractivity contribution < 1.29 is 92.1 Å². The summed E-state index contributed by atoms with van der Waals surface area (Å²) in [6.07, 6.45) is 0.407. The quantitative estimate of drug-likeness (QED) is 0.327. The number of halogens is 3. The molecule has 0 aliphatic carbocycles. The molecule has 2 aromatic carbocycles. The Morgan fingerprint density at radius 3 is 2.26 bits per heavy atom. The maximum absolute atomic E-state index is 14.4. The Labute approximate surface area is 241 Å². The van der Waals surface area contributed by atoms with E-state index in [2.05, 4.69) is 10.6 Å². The largest absolute Gasteiger partial charge is 1.00 e. The number of nitrogens with one attached hydrogen (secondary N) is 2. The Morgan fingerprint density at radius 2 is 1.66 bits per heavy atom. The second kappa shape index (κ2) is 13.1. The van der Waals surface area contributed by atoms with Crippen LogP contribution < -0.4 is 85.5 Å². The van der Waals surface area contributed by atoms with Crippen molar-refractivity contribution >= 4 is 17.7 Å². The average molecular weight is 505 g/mol. The molecular formula is C22H16F3N3Na2O5. The molecule has 8 nitrogen and oxygen atoms in total. The minimum Gasteiger partial charge on any atom is -0.871 e. The molecule has 1 heterocycles. The molecule has 0 radical (unpaired) electrons. The first kappa shape index (κ1) is 30.8. The Kier molecular flexibility index (Phi) is 11.5. The number of aliphatic carboxylic acids is 1. The zero-order chi connectivity index (χ0) is 24.3. The number of hydrogen-bond acceptors (Lipinski definition) is 5. The van der Waals surface area contributed by atoms with Gasteiger partial charge in [-0.2, -0.15) is 0 Å². The molecule has 2 N–H and O–H groups in total. The smallest absolute Gasteiger partial charge is 0.871 e. The van der Waals surface area contributed by atoms with Crippen LogP contribution in [-0.2, 0) is 11.8 Å². The third-order valence-electron chi connectivity index (χ3n) is 4.77. The van der Waals surface area contributed by atoms with Crippen molar-refractivity contribution in [3.63, 3.8) is 0 Å². The Hall–Kier alpha value is -2.28. The Balaban J connectivity index is 0.00000306. The second-order valence-electron chi connectivity index (χ2n) is 7.03. The molecule has 172 valence electrons.